The van der Waals surface area contributed by atoms with Crippen LogP contribution in [0.5, 0.6) is 11.5 Å². The second-order valence-corrected chi connectivity index (χ2v) is 7.44. The molecule has 0 bridgehead atoms. The monoisotopic (exact) mass is 478 g/mol. The van der Waals surface area contributed by atoms with Crippen LogP contribution in [0, 0.1) is 11.2 Å². The molecule has 2 aromatic carbocycles. The molecule has 0 saturated heterocycles. The molecule has 0 fully saturated rings. The third-order valence-corrected chi connectivity index (χ3v) is 5.24. The van der Waals surface area contributed by atoms with Crippen molar-refractivity contribution in [2.24, 2.45) is 5.73 Å². The van der Waals surface area contributed by atoms with Gasteiger partial charge in [-0.25, -0.2) is 14.2 Å². The Bertz CT molecular complexity index is 1430. The van der Waals surface area contributed by atoms with E-state index in [1.54, 1.807) is 36.4 Å². The van der Waals surface area contributed by atoms with Gasteiger partial charge in [0.1, 0.15) is 17.6 Å². The van der Waals surface area contributed by atoms with Gasteiger partial charge in [0.15, 0.2) is 23.2 Å². The molecule has 0 aliphatic heterocycles. The van der Waals surface area contributed by atoms with Crippen molar-refractivity contribution in [1.29, 1.82) is 5.41 Å². The quantitative estimate of drug-likeness (QED) is 0.189. The maximum atomic E-state index is 15.5. The molecule has 4 aromatic rings. The number of nitrogens with zero attached hydrogens (tertiary/aromatic N) is 3. The van der Waals surface area contributed by atoms with E-state index in [4.69, 9.17) is 26.4 Å². The van der Waals surface area contributed by atoms with Gasteiger partial charge >= 0.3 is 5.69 Å². The zero-order chi connectivity index (χ0) is 25.1. The number of aromatic amines is 1. The molecule has 2 heterocycles. The van der Waals surface area contributed by atoms with Crippen molar-refractivity contribution in [3.05, 3.63) is 88.0 Å². The molecule has 4 rings (SSSR count). The maximum absolute atomic E-state index is 15.5. The predicted molar refractivity (Wildman–Crippen MR) is 129 cm³/mol. The third kappa shape index (κ3) is 4.62. The number of nitrogens with one attached hydrogen (secondary N) is 3. The van der Waals surface area contributed by atoms with Crippen LogP contribution in [0.25, 0.3) is 5.82 Å². The standard InChI is InChI=1S/C23H23FN8O3/c1-34-14-10-15(18(24)17(11-14)35-2)19(29-13-7-5-12(6-8-13)20(26)27)21-30-23(33)32(31-21)22-16(25)4-3-9-28-22/h3-11,19,29H,25H2,1-2H3,(H3,26,27)(H,30,31,33)/t19-/m0/s1. The molecule has 11 nitrogen and oxygen atoms in total. The number of anilines is 2. The number of nitrogen functional groups attached to an aromatic ring is 2. The number of rotatable bonds is 8. The number of pyridine rings is 1. The van der Waals surface area contributed by atoms with Crippen LogP contribution in [0.3, 0.4) is 0 Å². The summed E-state index contributed by atoms with van der Waals surface area (Å²) in [6.07, 6.45) is 1.48. The van der Waals surface area contributed by atoms with E-state index < -0.39 is 17.5 Å². The van der Waals surface area contributed by atoms with Gasteiger partial charge in [0.25, 0.3) is 0 Å². The van der Waals surface area contributed by atoms with Crippen molar-refractivity contribution < 1.29 is 13.9 Å². The minimum atomic E-state index is -0.985. The Kier molecular flexibility index (Phi) is 6.36. The summed E-state index contributed by atoms with van der Waals surface area (Å²) in [5, 5.41) is 15.1. The van der Waals surface area contributed by atoms with Crippen LogP contribution < -0.4 is 31.9 Å². The highest BCUT2D eigenvalue weighted by atomic mass is 19.1. The van der Waals surface area contributed by atoms with Gasteiger partial charge < -0.3 is 26.3 Å². The van der Waals surface area contributed by atoms with Crippen molar-refractivity contribution >= 4 is 17.2 Å². The highest BCUT2D eigenvalue weighted by Crippen LogP contribution is 2.34. The molecule has 35 heavy (non-hydrogen) atoms. The molecular weight excluding hydrogens is 455 g/mol. The Morgan fingerprint density at radius 3 is 2.57 bits per heavy atom. The van der Waals surface area contributed by atoms with Crippen LogP contribution in [-0.2, 0) is 0 Å². The second-order valence-electron chi connectivity index (χ2n) is 7.44. The van der Waals surface area contributed by atoms with Crippen molar-refractivity contribution in [3.8, 4) is 17.3 Å². The Labute approximate surface area is 199 Å². The number of amidine groups is 1. The molecule has 0 saturated carbocycles. The molecule has 7 N–H and O–H groups in total. The van der Waals surface area contributed by atoms with E-state index in [1.807, 2.05) is 0 Å². The van der Waals surface area contributed by atoms with Gasteiger partial charge in [0.2, 0.25) is 0 Å². The lowest BCUT2D eigenvalue weighted by atomic mass is 10.0. The average molecular weight is 478 g/mol. The van der Waals surface area contributed by atoms with E-state index in [-0.39, 0.29) is 34.5 Å². The first-order valence-electron chi connectivity index (χ1n) is 10.3. The van der Waals surface area contributed by atoms with E-state index in [1.165, 1.54) is 32.5 Å². The average Bonchev–Trinajstić information content (AvgIpc) is 3.24. The first kappa shape index (κ1) is 23.3. The van der Waals surface area contributed by atoms with Crippen LogP contribution in [-0.4, -0.2) is 39.8 Å². The van der Waals surface area contributed by atoms with Gasteiger partial charge in [-0.1, -0.05) is 0 Å². The number of ether oxygens (including phenoxy) is 2. The van der Waals surface area contributed by atoms with Crippen molar-refractivity contribution in [2.75, 3.05) is 25.3 Å². The number of H-pyrrole nitrogens is 1. The third-order valence-electron chi connectivity index (χ3n) is 5.24. The number of hydrogen-bond donors (Lipinski definition) is 5. The molecule has 0 spiro atoms. The summed E-state index contributed by atoms with van der Waals surface area (Å²) in [4.78, 5) is 19.6. The van der Waals surface area contributed by atoms with Crippen LogP contribution in [0.1, 0.15) is 23.0 Å². The fourth-order valence-corrected chi connectivity index (χ4v) is 3.48. The largest absolute Gasteiger partial charge is 0.497 e. The Balaban J connectivity index is 1.86. The molecule has 2 aromatic heterocycles. The molecule has 0 unspecified atom stereocenters. The van der Waals surface area contributed by atoms with Gasteiger partial charge in [-0.15, -0.1) is 5.10 Å². The lowest BCUT2D eigenvalue weighted by Crippen LogP contribution is -2.18. The van der Waals surface area contributed by atoms with Crippen LogP contribution in [0.4, 0.5) is 15.8 Å². The topological polar surface area (TPSA) is 170 Å². The Hall–Kier alpha value is -4.87. The summed E-state index contributed by atoms with van der Waals surface area (Å²) < 4.78 is 27.0. The first-order valence-corrected chi connectivity index (χ1v) is 10.3. The van der Waals surface area contributed by atoms with Crippen molar-refractivity contribution in [2.45, 2.75) is 6.04 Å². The first-order chi connectivity index (χ1) is 16.8. The predicted octanol–water partition coefficient (Wildman–Crippen LogP) is 2.18. The molecule has 1 atom stereocenters. The number of aromatic nitrogens is 4. The lowest BCUT2D eigenvalue weighted by Gasteiger charge is -2.21. The van der Waals surface area contributed by atoms with E-state index in [9.17, 15) is 4.79 Å². The number of benzene rings is 2. The fraction of sp³-hybridized carbons (Fsp3) is 0.130. The molecular formula is C23H23FN8O3. The summed E-state index contributed by atoms with van der Waals surface area (Å²) in [5.41, 5.74) is 12.3. The van der Waals surface area contributed by atoms with E-state index in [0.29, 0.717) is 17.0 Å². The van der Waals surface area contributed by atoms with Gasteiger partial charge in [-0.05, 0) is 42.5 Å². The number of hydrogen-bond acceptors (Lipinski definition) is 8. The maximum Gasteiger partial charge on any atom is 0.349 e. The second kappa shape index (κ2) is 9.55. The highest BCUT2D eigenvalue weighted by molar-refractivity contribution is 5.95. The lowest BCUT2D eigenvalue weighted by molar-refractivity contribution is 0.370. The van der Waals surface area contributed by atoms with E-state index in [0.717, 1.165) is 4.68 Å². The molecule has 0 radical (unpaired) electrons. The number of methoxy groups -OCH3 is 2. The summed E-state index contributed by atoms with van der Waals surface area (Å²) in [7, 11) is 2.78. The van der Waals surface area contributed by atoms with Crippen LogP contribution >= 0.6 is 0 Å². The molecule has 0 amide bonds. The fourth-order valence-electron chi connectivity index (χ4n) is 3.48. The molecule has 0 aliphatic rings. The smallest absolute Gasteiger partial charge is 0.349 e. The molecule has 180 valence electrons. The minimum absolute atomic E-state index is 0.0474. The number of halogens is 1. The van der Waals surface area contributed by atoms with Gasteiger partial charge in [0, 0.05) is 29.1 Å². The normalized spacial score (nSPS) is 11.6. The Morgan fingerprint density at radius 1 is 1.20 bits per heavy atom. The van der Waals surface area contributed by atoms with Crippen molar-refractivity contribution in [1.82, 2.24) is 19.7 Å². The van der Waals surface area contributed by atoms with E-state index >= 15 is 4.39 Å². The van der Waals surface area contributed by atoms with Crippen LogP contribution in [0.2, 0.25) is 0 Å². The number of nitrogens with two attached hydrogens (primary N) is 2. The summed E-state index contributed by atoms with van der Waals surface area (Å²) in [5.74, 6) is -0.244. The van der Waals surface area contributed by atoms with Gasteiger partial charge in [-0.3, -0.25) is 10.4 Å². The van der Waals surface area contributed by atoms with Gasteiger partial charge in [0.05, 0.1) is 19.9 Å². The highest BCUT2D eigenvalue weighted by Gasteiger charge is 2.26. The Morgan fingerprint density at radius 2 is 1.94 bits per heavy atom. The summed E-state index contributed by atoms with van der Waals surface area (Å²) in [6, 6.07) is 11.7. The zero-order valence-corrected chi connectivity index (χ0v) is 18.9. The molecule has 0 aliphatic carbocycles. The minimum Gasteiger partial charge on any atom is -0.497 e. The van der Waals surface area contributed by atoms with Crippen LogP contribution in [0.15, 0.2) is 59.5 Å². The summed E-state index contributed by atoms with van der Waals surface area (Å²) >= 11 is 0. The molecule has 12 heteroatoms. The van der Waals surface area contributed by atoms with Gasteiger partial charge in [-0.2, -0.15) is 4.68 Å². The van der Waals surface area contributed by atoms with E-state index in [2.05, 4.69) is 20.4 Å². The van der Waals surface area contributed by atoms with Crippen molar-refractivity contribution in [3.63, 3.8) is 0 Å². The summed E-state index contributed by atoms with van der Waals surface area (Å²) in [6.45, 7) is 0. The zero-order valence-electron chi connectivity index (χ0n) is 18.9. The SMILES string of the molecule is COc1cc(OC)c(F)c([C@H](Nc2ccc(C(=N)N)cc2)c2nn(-c3ncccc3N)c(=O)[nH]2)c1.